The van der Waals surface area contributed by atoms with Crippen LogP contribution in [0.4, 0.5) is 11.6 Å². The molecule has 0 saturated carbocycles. The van der Waals surface area contributed by atoms with Gasteiger partial charge in [0.2, 0.25) is 0 Å². The van der Waals surface area contributed by atoms with Crippen molar-refractivity contribution in [3.63, 3.8) is 0 Å². The summed E-state index contributed by atoms with van der Waals surface area (Å²) < 4.78 is 2.00. The van der Waals surface area contributed by atoms with Gasteiger partial charge in [-0.3, -0.25) is 0 Å². The van der Waals surface area contributed by atoms with Gasteiger partial charge in [-0.1, -0.05) is 13.8 Å². The standard InChI is InChI=1S/C13H20N6/c1-9(2)11-12(14)16-8-17-13(11)19(4)7-10-15-5-6-18(10)3/h5-6,8-9H,7H2,1-4H3,(H2,14,16,17). The number of nitrogen functional groups attached to an aromatic ring is 1. The van der Waals surface area contributed by atoms with Gasteiger partial charge < -0.3 is 15.2 Å². The fourth-order valence-electron chi connectivity index (χ4n) is 2.09. The molecule has 0 bridgehead atoms. The number of aromatic nitrogens is 4. The van der Waals surface area contributed by atoms with Crippen LogP contribution in [-0.2, 0) is 13.6 Å². The fourth-order valence-corrected chi connectivity index (χ4v) is 2.09. The van der Waals surface area contributed by atoms with Crippen LogP contribution in [0.2, 0.25) is 0 Å². The normalized spacial score (nSPS) is 11.0. The minimum atomic E-state index is 0.278. The van der Waals surface area contributed by atoms with Crippen LogP contribution < -0.4 is 10.6 Å². The lowest BCUT2D eigenvalue weighted by molar-refractivity contribution is 0.742. The molecule has 2 rings (SSSR count). The van der Waals surface area contributed by atoms with E-state index >= 15 is 0 Å². The molecule has 0 aliphatic heterocycles. The van der Waals surface area contributed by atoms with Crippen molar-refractivity contribution in [1.82, 2.24) is 19.5 Å². The van der Waals surface area contributed by atoms with Crippen molar-refractivity contribution in [3.05, 3.63) is 30.1 Å². The van der Waals surface area contributed by atoms with E-state index in [1.165, 1.54) is 6.33 Å². The average molecular weight is 260 g/mol. The summed E-state index contributed by atoms with van der Waals surface area (Å²) >= 11 is 0. The van der Waals surface area contributed by atoms with Crippen LogP contribution in [-0.4, -0.2) is 26.6 Å². The van der Waals surface area contributed by atoms with E-state index in [1.807, 2.05) is 24.9 Å². The quantitative estimate of drug-likeness (QED) is 0.903. The van der Waals surface area contributed by atoms with E-state index in [2.05, 4.69) is 33.7 Å². The number of rotatable bonds is 4. The van der Waals surface area contributed by atoms with Crippen LogP contribution in [0.5, 0.6) is 0 Å². The maximum absolute atomic E-state index is 5.96. The van der Waals surface area contributed by atoms with Crippen LogP contribution in [0.1, 0.15) is 31.2 Å². The summed E-state index contributed by atoms with van der Waals surface area (Å²) in [4.78, 5) is 14.8. The predicted octanol–water partition coefficient (Wildman–Crippen LogP) is 1.55. The minimum absolute atomic E-state index is 0.278. The van der Waals surface area contributed by atoms with E-state index in [4.69, 9.17) is 5.73 Å². The first-order valence-electron chi connectivity index (χ1n) is 6.28. The number of nitrogens with two attached hydrogens (primary N) is 1. The lowest BCUT2D eigenvalue weighted by Gasteiger charge is -2.22. The molecule has 2 N–H and O–H groups in total. The van der Waals surface area contributed by atoms with E-state index in [-0.39, 0.29) is 5.92 Å². The molecule has 6 nitrogen and oxygen atoms in total. The molecule has 102 valence electrons. The zero-order valence-corrected chi connectivity index (χ0v) is 11.8. The molecule has 19 heavy (non-hydrogen) atoms. The van der Waals surface area contributed by atoms with Gasteiger partial charge >= 0.3 is 0 Å². The lowest BCUT2D eigenvalue weighted by Crippen LogP contribution is -2.22. The highest BCUT2D eigenvalue weighted by molar-refractivity contribution is 5.57. The van der Waals surface area contributed by atoms with E-state index in [0.717, 1.165) is 17.2 Å². The number of anilines is 2. The maximum atomic E-state index is 5.96. The molecule has 2 aromatic heterocycles. The first kappa shape index (κ1) is 13.3. The Morgan fingerprint density at radius 2 is 2.05 bits per heavy atom. The summed E-state index contributed by atoms with van der Waals surface area (Å²) in [5.41, 5.74) is 6.95. The molecule has 0 unspecified atom stereocenters. The maximum Gasteiger partial charge on any atom is 0.137 e. The largest absolute Gasteiger partial charge is 0.383 e. The Hall–Kier alpha value is -2.11. The Labute approximate surface area is 113 Å². The first-order chi connectivity index (χ1) is 9.00. The second kappa shape index (κ2) is 5.26. The fraction of sp³-hybridized carbons (Fsp3) is 0.462. The third-order valence-electron chi connectivity index (χ3n) is 3.13. The van der Waals surface area contributed by atoms with E-state index < -0.39 is 0 Å². The second-order valence-corrected chi connectivity index (χ2v) is 4.96. The Morgan fingerprint density at radius 1 is 1.32 bits per heavy atom. The van der Waals surface area contributed by atoms with Crippen molar-refractivity contribution in [1.29, 1.82) is 0 Å². The number of aryl methyl sites for hydroxylation is 1. The third kappa shape index (κ3) is 2.67. The average Bonchev–Trinajstić information content (AvgIpc) is 2.74. The molecule has 0 amide bonds. The molecule has 0 aromatic carbocycles. The van der Waals surface area contributed by atoms with Crippen molar-refractivity contribution in [2.24, 2.45) is 7.05 Å². The number of imidazole rings is 1. The summed E-state index contributed by atoms with van der Waals surface area (Å²) in [5.74, 6) is 2.67. The summed E-state index contributed by atoms with van der Waals surface area (Å²) in [7, 11) is 3.97. The van der Waals surface area contributed by atoms with Gasteiger partial charge in [-0.25, -0.2) is 15.0 Å². The zero-order chi connectivity index (χ0) is 14.0. The van der Waals surface area contributed by atoms with Crippen molar-refractivity contribution in [2.45, 2.75) is 26.3 Å². The van der Waals surface area contributed by atoms with Crippen LogP contribution in [0.25, 0.3) is 0 Å². The van der Waals surface area contributed by atoms with Gasteiger partial charge in [0.25, 0.3) is 0 Å². The summed E-state index contributed by atoms with van der Waals surface area (Å²) in [6, 6.07) is 0. The van der Waals surface area contributed by atoms with Crippen molar-refractivity contribution in [3.8, 4) is 0 Å². The SMILES string of the molecule is CC(C)c1c(N)ncnc1N(C)Cc1nccn1C. The third-order valence-corrected chi connectivity index (χ3v) is 3.13. The van der Waals surface area contributed by atoms with Gasteiger partial charge in [-0.05, 0) is 5.92 Å². The molecule has 0 atom stereocenters. The van der Waals surface area contributed by atoms with Gasteiger partial charge in [-0.2, -0.15) is 0 Å². The first-order valence-corrected chi connectivity index (χ1v) is 6.28. The van der Waals surface area contributed by atoms with E-state index in [1.54, 1.807) is 6.20 Å². The van der Waals surface area contributed by atoms with Crippen molar-refractivity contribution < 1.29 is 0 Å². The van der Waals surface area contributed by atoms with Gasteiger partial charge in [-0.15, -0.1) is 0 Å². The molecule has 0 aliphatic carbocycles. The van der Waals surface area contributed by atoms with Crippen LogP contribution in [0, 0.1) is 0 Å². The lowest BCUT2D eigenvalue weighted by atomic mass is 10.0. The number of hydrogen-bond acceptors (Lipinski definition) is 5. The van der Waals surface area contributed by atoms with Gasteiger partial charge in [0.05, 0.1) is 6.54 Å². The Kier molecular flexibility index (Phi) is 3.69. The number of hydrogen-bond donors (Lipinski definition) is 1. The van der Waals surface area contributed by atoms with Crippen molar-refractivity contribution in [2.75, 3.05) is 17.7 Å². The Morgan fingerprint density at radius 3 is 2.63 bits per heavy atom. The molecule has 0 aliphatic rings. The molecule has 0 saturated heterocycles. The molecular weight excluding hydrogens is 240 g/mol. The molecule has 0 fully saturated rings. The van der Waals surface area contributed by atoms with Gasteiger partial charge in [0.15, 0.2) is 0 Å². The van der Waals surface area contributed by atoms with E-state index in [0.29, 0.717) is 12.4 Å². The smallest absolute Gasteiger partial charge is 0.137 e. The highest BCUT2D eigenvalue weighted by atomic mass is 15.2. The Balaban J connectivity index is 2.31. The number of nitrogens with zero attached hydrogens (tertiary/aromatic N) is 5. The van der Waals surface area contributed by atoms with Crippen LogP contribution in [0.3, 0.4) is 0 Å². The molecule has 6 heteroatoms. The monoisotopic (exact) mass is 260 g/mol. The predicted molar refractivity (Wildman–Crippen MR) is 75.8 cm³/mol. The molecule has 0 radical (unpaired) electrons. The molecule has 0 spiro atoms. The Bertz CT molecular complexity index is 560. The highest BCUT2D eigenvalue weighted by Crippen LogP contribution is 2.28. The highest BCUT2D eigenvalue weighted by Gasteiger charge is 2.17. The van der Waals surface area contributed by atoms with E-state index in [9.17, 15) is 0 Å². The van der Waals surface area contributed by atoms with Crippen LogP contribution in [0.15, 0.2) is 18.7 Å². The minimum Gasteiger partial charge on any atom is -0.383 e. The zero-order valence-electron chi connectivity index (χ0n) is 11.8. The van der Waals surface area contributed by atoms with Gasteiger partial charge in [0.1, 0.15) is 23.8 Å². The molecule has 2 heterocycles. The second-order valence-electron chi connectivity index (χ2n) is 4.96. The van der Waals surface area contributed by atoms with Crippen LogP contribution >= 0.6 is 0 Å². The summed E-state index contributed by atoms with van der Waals surface area (Å²) in [6.45, 7) is 4.86. The summed E-state index contributed by atoms with van der Waals surface area (Å²) in [5, 5.41) is 0. The van der Waals surface area contributed by atoms with Crippen molar-refractivity contribution >= 4 is 11.6 Å². The molecular formula is C13H20N6. The summed E-state index contributed by atoms with van der Waals surface area (Å²) in [6.07, 6.45) is 5.23. The topological polar surface area (TPSA) is 72.9 Å². The van der Waals surface area contributed by atoms with Gasteiger partial charge in [0, 0.05) is 32.1 Å². The molecule has 2 aromatic rings.